The van der Waals surface area contributed by atoms with Crippen molar-refractivity contribution in [3.63, 3.8) is 0 Å². The fourth-order valence-corrected chi connectivity index (χ4v) is 3.03. The number of nitrogens with zero attached hydrogens (tertiary/aromatic N) is 3. The first-order chi connectivity index (χ1) is 10.7. The van der Waals surface area contributed by atoms with Crippen LogP contribution in [0.5, 0.6) is 0 Å². The molecule has 2 N–H and O–H groups in total. The van der Waals surface area contributed by atoms with E-state index in [1.165, 1.54) is 0 Å². The molecule has 0 aromatic carbocycles. The number of thiazole rings is 1. The van der Waals surface area contributed by atoms with Gasteiger partial charge in [-0.15, -0.1) is 11.3 Å². The number of aromatic nitrogens is 3. The third-order valence-corrected chi connectivity index (χ3v) is 4.78. The normalized spacial score (nSPS) is 12.4. The summed E-state index contributed by atoms with van der Waals surface area (Å²) in [4.78, 5) is 27.9. The minimum atomic E-state index is -1.00. The Bertz CT molecular complexity index is 748. The lowest BCUT2D eigenvalue weighted by atomic mass is 10.1. The van der Waals surface area contributed by atoms with Gasteiger partial charge >= 0.3 is 5.97 Å². The molecular weight excluding hydrogens is 316 g/mol. The molecule has 0 fully saturated rings. The van der Waals surface area contributed by atoms with E-state index < -0.39 is 5.97 Å². The van der Waals surface area contributed by atoms with Crippen molar-refractivity contribution in [3.8, 4) is 0 Å². The van der Waals surface area contributed by atoms with Crippen molar-refractivity contribution >= 4 is 23.2 Å². The topological polar surface area (TPSA) is 97.1 Å². The van der Waals surface area contributed by atoms with E-state index in [2.05, 4.69) is 15.4 Å². The molecule has 1 atom stereocenters. The van der Waals surface area contributed by atoms with E-state index in [-0.39, 0.29) is 22.7 Å². The van der Waals surface area contributed by atoms with Crippen LogP contribution in [0.2, 0.25) is 0 Å². The number of carbonyl (C=O) groups is 2. The predicted octanol–water partition coefficient (Wildman–Crippen LogP) is 2.50. The van der Waals surface area contributed by atoms with Gasteiger partial charge in [0.25, 0.3) is 5.91 Å². The van der Waals surface area contributed by atoms with Gasteiger partial charge in [0, 0.05) is 7.05 Å². The van der Waals surface area contributed by atoms with E-state index in [1.807, 2.05) is 13.8 Å². The number of rotatable bonds is 5. The summed E-state index contributed by atoms with van der Waals surface area (Å²) >= 11 is 1.08. The van der Waals surface area contributed by atoms with Gasteiger partial charge in [0.15, 0.2) is 0 Å². The van der Waals surface area contributed by atoms with Crippen LogP contribution < -0.4 is 5.32 Å². The number of nitrogens with one attached hydrogen (secondary N) is 1. The van der Waals surface area contributed by atoms with Gasteiger partial charge < -0.3 is 10.4 Å². The van der Waals surface area contributed by atoms with Crippen LogP contribution in [0.3, 0.4) is 0 Å². The van der Waals surface area contributed by atoms with Crippen LogP contribution in [0.15, 0.2) is 6.07 Å². The minimum Gasteiger partial charge on any atom is -0.477 e. The second-order valence-electron chi connectivity index (χ2n) is 5.70. The number of aryl methyl sites for hydroxylation is 2. The van der Waals surface area contributed by atoms with Crippen LogP contribution in [-0.4, -0.2) is 31.7 Å². The number of carboxylic acid groups (broad SMARTS) is 1. The first-order valence-corrected chi connectivity index (χ1v) is 8.07. The molecule has 2 heterocycles. The fraction of sp³-hybridized carbons (Fsp3) is 0.467. The summed E-state index contributed by atoms with van der Waals surface area (Å²) in [7, 11) is 1.72. The molecule has 0 bridgehead atoms. The van der Waals surface area contributed by atoms with Gasteiger partial charge in [-0.1, -0.05) is 13.8 Å². The molecule has 8 heteroatoms. The monoisotopic (exact) mass is 336 g/mol. The van der Waals surface area contributed by atoms with E-state index in [1.54, 1.807) is 31.6 Å². The lowest BCUT2D eigenvalue weighted by Gasteiger charge is -2.11. The highest BCUT2D eigenvalue weighted by atomic mass is 32.1. The number of aromatic carboxylic acids is 1. The van der Waals surface area contributed by atoms with Gasteiger partial charge in [-0.2, -0.15) is 5.10 Å². The van der Waals surface area contributed by atoms with Gasteiger partial charge in [0.2, 0.25) is 0 Å². The average molecular weight is 336 g/mol. The van der Waals surface area contributed by atoms with Crippen molar-refractivity contribution in [3.05, 3.63) is 33.0 Å². The van der Waals surface area contributed by atoms with Crippen LogP contribution >= 0.6 is 11.3 Å². The Morgan fingerprint density at radius 3 is 2.48 bits per heavy atom. The van der Waals surface area contributed by atoms with Gasteiger partial charge in [0.05, 0.1) is 17.4 Å². The first-order valence-electron chi connectivity index (χ1n) is 7.26. The third kappa shape index (κ3) is 3.58. The molecular formula is C15H20N4O3S. The quantitative estimate of drug-likeness (QED) is 0.874. The molecule has 124 valence electrons. The van der Waals surface area contributed by atoms with Gasteiger partial charge in [-0.3, -0.25) is 9.48 Å². The molecule has 0 aliphatic heterocycles. The zero-order valence-electron chi connectivity index (χ0n) is 13.7. The Kier molecular flexibility index (Phi) is 4.84. The number of hydrogen-bond donors (Lipinski definition) is 2. The van der Waals surface area contributed by atoms with Crippen molar-refractivity contribution < 1.29 is 14.7 Å². The Morgan fingerprint density at radius 1 is 1.35 bits per heavy atom. The smallest absolute Gasteiger partial charge is 0.347 e. The molecule has 2 aromatic rings. The largest absolute Gasteiger partial charge is 0.477 e. The average Bonchev–Trinajstić information content (AvgIpc) is 3.02. The number of carboxylic acids is 1. The number of amides is 1. The highest BCUT2D eigenvalue weighted by molar-refractivity contribution is 7.13. The summed E-state index contributed by atoms with van der Waals surface area (Å²) in [5.74, 6) is -1.03. The summed E-state index contributed by atoms with van der Waals surface area (Å²) in [5, 5.41) is 16.8. The molecule has 0 saturated carbocycles. The molecule has 0 radical (unpaired) electrons. The Morgan fingerprint density at radius 2 is 2.00 bits per heavy atom. The summed E-state index contributed by atoms with van der Waals surface area (Å²) < 4.78 is 1.55. The van der Waals surface area contributed by atoms with E-state index in [9.17, 15) is 9.59 Å². The second-order valence-corrected chi connectivity index (χ2v) is 6.73. The highest BCUT2D eigenvalue weighted by Crippen LogP contribution is 2.24. The maximum absolute atomic E-state index is 12.4. The van der Waals surface area contributed by atoms with Crippen molar-refractivity contribution in [2.75, 3.05) is 0 Å². The van der Waals surface area contributed by atoms with Crippen molar-refractivity contribution in [2.24, 2.45) is 7.05 Å². The van der Waals surface area contributed by atoms with E-state index in [0.29, 0.717) is 16.4 Å². The Hall–Kier alpha value is -2.22. The predicted molar refractivity (Wildman–Crippen MR) is 87.0 cm³/mol. The zero-order chi connectivity index (χ0) is 17.3. The molecule has 0 spiro atoms. The summed E-state index contributed by atoms with van der Waals surface area (Å²) in [6, 6.07) is 1.39. The van der Waals surface area contributed by atoms with E-state index in [0.717, 1.165) is 17.0 Å². The zero-order valence-corrected chi connectivity index (χ0v) is 14.6. The lowest BCUT2D eigenvalue weighted by Crippen LogP contribution is -2.28. The maximum atomic E-state index is 12.4. The standard InChI is InChI=1S/C15H20N4O3S/c1-7(2)10-6-11(19(5)18-10)13(20)16-9(4)14-17-8(3)12(23-14)15(21)22/h6-7,9H,1-5H3,(H,16,20)(H,21,22). The van der Waals surface area contributed by atoms with Crippen LogP contribution in [0.1, 0.15) is 69.3 Å². The fourth-order valence-electron chi connectivity index (χ4n) is 2.12. The van der Waals surface area contributed by atoms with Crippen LogP contribution in [0.25, 0.3) is 0 Å². The molecule has 2 rings (SSSR count). The van der Waals surface area contributed by atoms with E-state index >= 15 is 0 Å². The SMILES string of the molecule is Cc1nc(C(C)NC(=O)c2cc(C(C)C)nn2C)sc1C(=O)O. The summed E-state index contributed by atoms with van der Waals surface area (Å²) in [6.07, 6.45) is 0. The van der Waals surface area contributed by atoms with Gasteiger partial charge in [-0.05, 0) is 25.8 Å². The third-order valence-electron chi connectivity index (χ3n) is 3.45. The molecule has 1 unspecified atom stereocenters. The molecule has 2 aromatic heterocycles. The Labute approximate surface area is 138 Å². The van der Waals surface area contributed by atoms with Crippen molar-refractivity contribution in [2.45, 2.75) is 39.7 Å². The minimum absolute atomic E-state index is 0.198. The van der Waals surface area contributed by atoms with E-state index in [4.69, 9.17) is 5.11 Å². The molecule has 23 heavy (non-hydrogen) atoms. The van der Waals surface area contributed by atoms with Crippen molar-refractivity contribution in [1.82, 2.24) is 20.1 Å². The number of carbonyl (C=O) groups excluding carboxylic acids is 1. The molecule has 1 amide bonds. The highest BCUT2D eigenvalue weighted by Gasteiger charge is 2.21. The molecule has 0 aliphatic rings. The summed E-state index contributed by atoms with van der Waals surface area (Å²) in [6.45, 7) is 7.45. The lowest BCUT2D eigenvalue weighted by molar-refractivity contribution is 0.0700. The molecule has 7 nitrogen and oxygen atoms in total. The van der Waals surface area contributed by atoms with Gasteiger partial charge in [-0.25, -0.2) is 9.78 Å². The van der Waals surface area contributed by atoms with Crippen molar-refractivity contribution in [1.29, 1.82) is 0 Å². The first kappa shape index (κ1) is 17.1. The Balaban J connectivity index is 2.16. The summed E-state index contributed by atoms with van der Waals surface area (Å²) in [5.41, 5.74) is 1.78. The van der Waals surface area contributed by atoms with Crippen LogP contribution in [0, 0.1) is 6.92 Å². The van der Waals surface area contributed by atoms with Gasteiger partial charge in [0.1, 0.15) is 15.6 Å². The second kappa shape index (κ2) is 6.49. The maximum Gasteiger partial charge on any atom is 0.347 e. The number of hydrogen-bond acceptors (Lipinski definition) is 5. The molecule has 0 aliphatic carbocycles. The van der Waals surface area contributed by atoms with Crippen LogP contribution in [-0.2, 0) is 7.05 Å². The van der Waals surface area contributed by atoms with Crippen LogP contribution in [0.4, 0.5) is 0 Å². The molecule has 0 saturated heterocycles.